The summed E-state index contributed by atoms with van der Waals surface area (Å²) in [7, 11) is 1.70. The smallest absolute Gasteiger partial charge is 0.118 e. The highest BCUT2D eigenvalue weighted by Gasteiger charge is 2.13. The van der Waals surface area contributed by atoms with Crippen LogP contribution in [0.5, 0.6) is 5.75 Å². The van der Waals surface area contributed by atoms with Gasteiger partial charge < -0.3 is 10.1 Å². The summed E-state index contributed by atoms with van der Waals surface area (Å²) >= 11 is 1.92. The van der Waals surface area contributed by atoms with Gasteiger partial charge in [-0.15, -0.1) is 11.3 Å². The molecule has 0 aliphatic carbocycles. The van der Waals surface area contributed by atoms with Crippen molar-refractivity contribution >= 4 is 11.3 Å². The maximum Gasteiger partial charge on any atom is 0.118 e. The van der Waals surface area contributed by atoms with Gasteiger partial charge in [0.2, 0.25) is 0 Å². The Labute approximate surface area is 105 Å². The summed E-state index contributed by atoms with van der Waals surface area (Å²) in [5.74, 6) is 0.914. The van der Waals surface area contributed by atoms with Gasteiger partial charge >= 0.3 is 0 Å². The van der Waals surface area contributed by atoms with Gasteiger partial charge in [-0.25, -0.2) is 0 Å². The lowest BCUT2D eigenvalue weighted by Crippen LogP contribution is -2.21. The lowest BCUT2D eigenvalue weighted by atomic mass is 10.1. The van der Waals surface area contributed by atoms with Crippen LogP contribution in [-0.4, -0.2) is 13.7 Å². The second-order valence-corrected chi connectivity index (χ2v) is 5.35. The Bertz CT molecular complexity index is 492. The van der Waals surface area contributed by atoms with Crippen molar-refractivity contribution in [1.82, 2.24) is 5.32 Å². The highest BCUT2D eigenvalue weighted by Crippen LogP contribution is 2.33. The van der Waals surface area contributed by atoms with E-state index in [9.17, 15) is 0 Å². The van der Waals surface area contributed by atoms with Crippen molar-refractivity contribution in [3.05, 3.63) is 40.8 Å². The highest BCUT2D eigenvalue weighted by molar-refractivity contribution is 7.15. The quantitative estimate of drug-likeness (QED) is 0.878. The predicted molar refractivity (Wildman–Crippen MR) is 71.7 cm³/mol. The van der Waals surface area contributed by atoms with E-state index in [0.717, 1.165) is 25.3 Å². The largest absolute Gasteiger partial charge is 0.497 e. The first kappa shape index (κ1) is 10.8. The van der Waals surface area contributed by atoms with Gasteiger partial charge in [-0.2, -0.15) is 0 Å². The van der Waals surface area contributed by atoms with E-state index in [2.05, 4.69) is 23.5 Å². The van der Waals surface area contributed by atoms with E-state index in [0.29, 0.717) is 0 Å². The molecule has 3 heteroatoms. The van der Waals surface area contributed by atoms with Crippen molar-refractivity contribution in [2.75, 3.05) is 13.7 Å². The highest BCUT2D eigenvalue weighted by atomic mass is 32.1. The van der Waals surface area contributed by atoms with Gasteiger partial charge in [0.1, 0.15) is 5.75 Å². The first-order valence-corrected chi connectivity index (χ1v) is 6.65. The number of benzene rings is 1. The zero-order valence-electron chi connectivity index (χ0n) is 9.82. The Morgan fingerprint density at radius 3 is 2.76 bits per heavy atom. The molecule has 0 unspecified atom stereocenters. The molecule has 0 atom stereocenters. The van der Waals surface area contributed by atoms with E-state index in [-0.39, 0.29) is 0 Å². The van der Waals surface area contributed by atoms with Crippen LogP contribution in [-0.2, 0) is 13.0 Å². The van der Waals surface area contributed by atoms with Crippen LogP contribution in [0.2, 0.25) is 0 Å². The van der Waals surface area contributed by atoms with Crippen molar-refractivity contribution in [2.45, 2.75) is 13.0 Å². The van der Waals surface area contributed by atoms with Gasteiger partial charge in [0.25, 0.3) is 0 Å². The van der Waals surface area contributed by atoms with Crippen LogP contribution in [0.4, 0.5) is 0 Å². The van der Waals surface area contributed by atoms with Gasteiger partial charge in [-0.1, -0.05) is 0 Å². The Balaban J connectivity index is 1.94. The summed E-state index contributed by atoms with van der Waals surface area (Å²) in [4.78, 5) is 2.90. The molecule has 1 aromatic carbocycles. The van der Waals surface area contributed by atoms with Crippen LogP contribution in [0.1, 0.15) is 10.4 Å². The first-order valence-electron chi connectivity index (χ1n) is 5.83. The van der Waals surface area contributed by atoms with Crippen molar-refractivity contribution in [1.29, 1.82) is 0 Å². The Morgan fingerprint density at radius 1 is 1.24 bits per heavy atom. The Hall–Kier alpha value is -1.32. The number of ether oxygens (including phenoxy) is 1. The molecule has 88 valence electrons. The fourth-order valence-corrected chi connectivity index (χ4v) is 3.34. The third-order valence-corrected chi connectivity index (χ3v) is 4.40. The second kappa shape index (κ2) is 4.51. The fourth-order valence-electron chi connectivity index (χ4n) is 2.15. The zero-order chi connectivity index (χ0) is 11.7. The van der Waals surface area contributed by atoms with Crippen LogP contribution in [0, 0.1) is 0 Å². The van der Waals surface area contributed by atoms with Crippen LogP contribution in [0.25, 0.3) is 10.4 Å². The molecule has 0 radical (unpaired) electrons. The van der Waals surface area contributed by atoms with Crippen LogP contribution >= 0.6 is 11.3 Å². The zero-order valence-corrected chi connectivity index (χ0v) is 10.6. The topological polar surface area (TPSA) is 21.3 Å². The molecule has 3 rings (SSSR count). The molecule has 0 spiro atoms. The number of nitrogens with one attached hydrogen (secondary N) is 1. The maximum absolute atomic E-state index is 5.18. The standard InChI is InChI=1S/C14H15NOS/c1-16-12-4-2-10(3-5-12)14-8-11-9-15-7-6-13(11)17-14/h2-5,8,15H,6-7,9H2,1H3. The predicted octanol–water partition coefficient (Wildman–Crippen LogP) is 3.07. The molecule has 1 aliphatic rings. The Kier molecular flexibility index (Phi) is 2.87. The van der Waals surface area contributed by atoms with Gasteiger partial charge in [-0.05, 0) is 47.9 Å². The molecule has 1 aliphatic heterocycles. The molecule has 1 N–H and O–H groups in total. The monoisotopic (exact) mass is 245 g/mol. The van der Waals surface area contributed by atoms with Gasteiger partial charge in [0, 0.05) is 22.8 Å². The minimum Gasteiger partial charge on any atom is -0.497 e. The van der Waals surface area contributed by atoms with E-state index < -0.39 is 0 Å². The van der Waals surface area contributed by atoms with E-state index in [1.54, 1.807) is 7.11 Å². The van der Waals surface area contributed by atoms with Crippen LogP contribution < -0.4 is 10.1 Å². The molecule has 2 heterocycles. The molecular weight excluding hydrogens is 230 g/mol. The summed E-state index contributed by atoms with van der Waals surface area (Å²) in [6.07, 6.45) is 1.16. The molecule has 2 aromatic rings. The molecule has 2 nitrogen and oxygen atoms in total. The van der Waals surface area contributed by atoms with Gasteiger partial charge in [0.15, 0.2) is 0 Å². The maximum atomic E-state index is 5.18. The number of fused-ring (bicyclic) bond motifs is 1. The number of rotatable bonds is 2. The summed E-state index contributed by atoms with van der Waals surface area (Å²) in [5, 5.41) is 3.41. The molecule has 17 heavy (non-hydrogen) atoms. The minimum absolute atomic E-state index is 0.914. The summed E-state index contributed by atoms with van der Waals surface area (Å²) in [6, 6.07) is 10.6. The second-order valence-electron chi connectivity index (χ2n) is 4.21. The lowest BCUT2D eigenvalue weighted by Gasteiger charge is -2.10. The molecule has 0 saturated heterocycles. The Morgan fingerprint density at radius 2 is 2.06 bits per heavy atom. The first-order chi connectivity index (χ1) is 8.36. The SMILES string of the molecule is COc1ccc(-c2cc3c(s2)CCNC3)cc1. The molecular formula is C14H15NOS. The summed E-state index contributed by atoms with van der Waals surface area (Å²) in [6.45, 7) is 2.12. The van der Waals surface area contributed by atoms with Gasteiger partial charge in [-0.3, -0.25) is 0 Å². The number of thiophene rings is 1. The number of hydrogen-bond donors (Lipinski definition) is 1. The summed E-state index contributed by atoms with van der Waals surface area (Å²) < 4.78 is 5.18. The van der Waals surface area contributed by atoms with E-state index in [4.69, 9.17) is 4.74 Å². The van der Waals surface area contributed by atoms with Crippen LogP contribution in [0.15, 0.2) is 30.3 Å². The molecule has 1 aromatic heterocycles. The molecule has 0 fully saturated rings. The lowest BCUT2D eigenvalue weighted by molar-refractivity contribution is 0.415. The van der Waals surface area contributed by atoms with Crippen molar-refractivity contribution in [3.8, 4) is 16.2 Å². The van der Waals surface area contributed by atoms with Crippen molar-refractivity contribution in [2.24, 2.45) is 0 Å². The normalized spacial score (nSPS) is 14.4. The fraction of sp³-hybridized carbons (Fsp3) is 0.286. The van der Waals surface area contributed by atoms with Crippen molar-refractivity contribution in [3.63, 3.8) is 0 Å². The van der Waals surface area contributed by atoms with E-state index in [1.165, 1.54) is 20.9 Å². The molecule has 0 bridgehead atoms. The van der Waals surface area contributed by atoms with E-state index >= 15 is 0 Å². The average molecular weight is 245 g/mol. The summed E-state index contributed by atoms with van der Waals surface area (Å²) in [5.41, 5.74) is 2.75. The van der Waals surface area contributed by atoms with E-state index in [1.807, 2.05) is 23.5 Å². The third-order valence-electron chi connectivity index (χ3n) is 3.12. The number of hydrogen-bond acceptors (Lipinski definition) is 3. The van der Waals surface area contributed by atoms with Gasteiger partial charge in [0.05, 0.1) is 7.11 Å². The third kappa shape index (κ3) is 2.08. The minimum atomic E-state index is 0.914. The average Bonchev–Trinajstić information content (AvgIpc) is 2.82. The molecule has 0 amide bonds. The van der Waals surface area contributed by atoms with Crippen LogP contribution in [0.3, 0.4) is 0 Å². The number of methoxy groups -OCH3 is 1. The van der Waals surface area contributed by atoms with Crippen molar-refractivity contribution < 1.29 is 4.74 Å². The molecule has 0 saturated carbocycles.